The third-order valence-electron chi connectivity index (χ3n) is 3.65. The average Bonchev–Trinajstić information content (AvgIpc) is 3.22. The van der Waals surface area contributed by atoms with Crippen LogP contribution in [0.1, 0.15) is 21.1 Å². The van der Waals surface area contributed by atoms with Gasteiger partial charge in [-0.05, 0) is 18.6 Å². The van der Waals surface area contributed by atoms with Gasteiger partial charge in [0.25, 0.3) is 5.91 Å². The van der Waals surface area contributed by atoms with Gasteiger partial charge >= 0.3 is 0 Å². The number of aromatic nitrogens is 2. The lowest BCUT2D eigenvalue weighted by molar-refractivity contribution is 0.0911. The van der Waals surface area contributed by atoms with Crippen molar-refractivity contribution in [1.82, 2.24) is 15.3 Å². The summed E-state index contributed by atoms with van der Waals surface area (Å²) < 4.78 is 0. The summed E-state index contributed by atoms with van der Waals surface area (Å²) in [5, 5.41) is 15.8. The fourth-order valence-electron chi connectivity index (χ4n) is 2.43. The number of H-pyrrole nitrogens is 1. The van der Waals surface area contributed by atoms with Crippen LogP contribution in [-0.4, -0.2) is 33.6 Å². The normalized spacial score (nSPS) is 12.1. The monoisotopic (exact) mass is 341 g/mol. The Bertz CT molecular complexity index is 811. The highest BCUT2D eigenvalue weighted by atomic mass is 32.1. The molecule has 1 unspecified atom stereocenters. The number of carbonyl (C=O) groups excluding carboxylic acids is 1. The zero-order chi connectivity index (χ0) is 16.9. The van der Waals surface area contributed by atoms with Gasteiger partial charge in [-0.1, -0.05) is 30.3 Å². The van der Waals surface area contributed by atoms with Crippen LogP contribution >= 0.6 is 11.3 Å². The average molecular weight is 341 g/mol. The van der Waals surface area contributed by atoms with Gasteiger partial charge < -0.3 is 15.4 Å². The molecule has 3 N–H and O–H groups in total. The number of thiazole rings is 1. The van der Waals surface area contributed by atoms with Crippen LogP contribution in [0.2, 0.25) is 0 Å². The Morgan fingerprint density at radius 2 is 2.17 bits per heavy atom. The molecule has 124 valence electrons. The molecule has 0 spiro atoms. The van der Waals surface area contributed by atoms with Gasteiger partial charge in [0.1, 0.15) is 5.69 Å². The number of rotatable bonds is 6. The summed E-state index contributed by atoms with van der Waals surface area (Å²) in [6, 6.07) is 11.5. The molecule has 0 fully saturated rings. The Morgan fingerprint density at radius 3 is 2.88 bits per heavy atom. The fraction of sp³-hybridized carbons (Fsp3) is 0.222. The lowest BCUT2D eigenvalue weighted by Gasteiger charge is -2.11. The first-order chi connectivity index (χ1) is 11.6. The Balaban J connectivity index is 1.54. The van der Waals surface area contributed by atoms with Crippen LogP contribution in [0.4, 0.5) is 0 Å². The van der Waals surface area contributed by atoms with E-state index in [1.165, 1.54) is 0 Å². The Hall–Kier alpha value is -2.44. The van der Waals surface area contributed by atoms with Gasteiger partial charge in [-0.25, -0.2) is 4.98 Å². The summed E-state index contributed by atoms with van der Waals surface area (Å²) in [5.74, 6) is -0.236. The molecular formula is C18H19N3O2S. The number of hydrogen-bond donors (Lipinski definition) is 3. The Morgan fingerprint density at radius 1 is 1.38 bits per heavy atom. The van der Waals surface area contributed by atoms with E-state index in [0.717, 1.165) is 21.8 Å². The maximum absolute atomic E-state index is 12.2. The van der Waals surface area contributed by atoms with Crippen LogP contribution < -0.4 is 5.32 Å². The van der Waals surface area contributed by atoms with E-state index < -0.39 is 6.10 Å². The highest BCUT2D eigenvalue weighted by Crippen LogP contribution is 2.22. The second-order valence-electron chi connectivity index (χ2n) is 5.61. The first-order valence-corrected chi connectivity index (χ1v) is 8.61. The molecule has 1 aromatic carbocycles. The van der Waals surface area contributed by atoms with Crippen molar-refractivity contribution in [2.24, 2.45) is 0 Å². The van der Waals surface area contributed by atoms with Gasteiger partial charge in [-0.3, -0.25) is 4.79 Å². The van der Waals surface area contributed by atoms with Crippen LogP contribution in [0.15, 0.2) is 48.0 Å². The quantitative estimate of drug-likeness (QED) is 0.645. The number of carbonyl (C=O) groups is 1. The van der Waals surface area contributed by atoms with Crippen molar-refractivity contribution in [3.8, 4) is 11.3 Å². The van der Waals surface area contributed by atoms with E-state index in [1.54, 1.807) is 23.6 Å². The number of benzene rings is 1. The molecule has 1 amide bonds. The zero-order valence-electron chi connectivity index (χ0n) is 13.3. The van der Waals surface area contributed by atoms with E-state index in [1.807, 2.05) is 42.6 Å². The third-order valence-corrected chi connectivity index (χ3v) is 4.43. The van der Waals surface area contributed by atoms with Crippen molar-refractivity contribution in [2.75, 3.05) is 6.54 Å². The summed E-state index contributed by atoms with van der Waals surface area (Å²) in [6.07, 6.45) is 1.66. The number of nitrogens with one attached hydrogen (secondary N) is 2. The van der Waals surface area contributed by atoms with E-state index in [9.17, 15) is 9.90 Å². The smallest absolute Gasteiger partial charge is 0.267 e. The molecule has 3 aromatic rings. The predicted molar refractivity (Wildman–Crippen MR) is 95.1 cm³/mol. The van der Waals surface area contributed by atoms with Gasteiger partial charge in [0, 0.05) is 30.1 Å². The van der Waals surface area contributed by atoms with E-state index >= 15 is 0 Å². The number of nitrogens with zero attached hydrogens (tertiary/aromatic N) is 1. The predicted octanol–water partition coefficient (Wildman–Crippen LogP) is 2.78. The molecular weight excluding hydrogens is 322 g/mol. The number of hydrogen-bond acceptors (Lipinski definition) is 4. The summed E-state index contributed by atoms with van der Waals surface area (Å²) in [6.45, 7) is 2.15. The van der Waals surface area contributed by atoms with Gasteiger partial charge in [0.2, 0.25) is 0 Å². The first-order valence-electron chi connectivity index (χ1n) is 7.73. The molecule has 0 saturated heterocycles. The minimum Gasteiger partial charge on any atom is -0.391 e. The number of aliphatic hydroxyl groups excluding tert-OH is 1. The van der Waals surface area contributed by atoms with Crippen molar-refractivity contribution in [3.63, 3.8) is 0 Å². The third kappa shape index (κ3) is 4.10. The molecule has 6 heteroatoms. The summed E-state index contributed by atoms with van der Waals surface area (Å²) in [5.41, 5.74) is 3.24. The molecule has 5 nitrogen and oxygen atoms in total. The van der Waals surface area contributed by atoms with Crippen LogP contribution in [-0.2, 0) is 6.42 Å². The van der Waals surface area contributed by atoms with E-state index in [-0.39, 0.29) is 12.5 Å². The molecule has 0 radical (unpaired) electrons. The Kier molecular flexibility index (Phi) is 5.08. The van der Waals surface area contributed by atoms with E-state index in [4.69, 9.17) is 0 Å². The molecule has 3 rings (SSSR count). The molecule has 2 heterocycles. The maximum Gasteiger partial charge on any atom is 0.267 e. The molecule has 0 saturated carbocycles. The minimum atomic E-state index is -0.619. The molecule has 0 bridgehead atoms. The van der Waals surface area contributed by atoms with Gasteiger partial charge in [-0.2, -0.15) is 0 Å². The molecule has 0 aliphatic carbocycles. The number of aliphatic hydroxyl groups is 1. The largest absolute Gasteiger partial charge is 0.391 e. The van der Waals surface area contributed by atoms with E-state index in [2.05, 4.69) is 15.3 Å². The second kappa shape index (κ2) is 7.42. The highest BCUT2D eigenvalue weighted by Gasteiger charge is 2.13. The van der Waals surface area contributed by atoms with Crippen LogP contribution in [0.5, 0.6) is 0 Å². The first kappa shape index (κ1) is 16.4. The fourth-order valence-corrected chi connectivity index (χ4v) is 3.06. The molecule has 0 aliphatic rings. The van der Waals surface area contributed by atoms with Crippen molar-refractivity contribution >= 4 is 17.2 Å². The number of amides is 1. The van der Waals surface area contributed by atoms with Crippen molar-refractivity contribution in [2.45, 2.75) is 19.4 Å². The van der Waals surface area contributed by atoms with Gasteiger partial charge in [0.15, 0.2) is 0 Å². The minimum absolute atomic E-state index is 0.206. The molecule has 2 aromatic heterocycles. The highest BCUT2D eigenvalue weighted by molar-refractivity contribution is 7.09. The van der Waals surface area contributed by atoms with Gasteiger partial charge in [0.05, 0.1) is 16.8 Å². The summed E-state index contributed by atoms with van der Waals surface area (Å²) >= 11 is 1.57. The molecule has 1 atom stereocenters. The van der Waals surface area contributed by atoms with Crippen LogP contribution in [0, 0.1) is 6.92 Å². The summed E-state index contributed by atoms with van der Waals surface area (Å²) in [4.78, 5) is 19.5. The second-order valence-corrected chi connectivity index (χ2v) is 6.67. The standard InChI is InChI=1S/C18H19N3O2S/c1-12-21-17(11-24-12)14-8-16(19-9-14)18(23)20-10-15(22)7-13-5-3-2-4-6-13/h2-6,8-9,11,15,19,22H,7,10H2,1H3,(H,20,23). The lowest BCUT2D eigenvalue weighted by Crippen LogP contribution is -2.33. The summed E-state index contributed by atoms with van der Waals surface area (Å²) in [7, 11) is 0. The Labute approximate surface area is 144 Å². The van der Waals surface area contributed by atoms with Crippen LogP contribution in [0.25, 0.3) is 11.3 Å². The number of aryl methyl sites for hydroxylation is 1. The van der Waals surface area contributed by atoms with Gasteiger partial charge in [-0.15, -0.1) is 11.3 Å². The number of aromatic amines is 1. The van der Waals surface area contributed by atoms with Crippen LogP contribution in [0.3, 0.4) is 0 Å². The SMILES string of the molecule is Cc1nc(-c2c[nH]c(C(=O)NCC(O)Cc3ccccc3)c2)cs1. The van der Waals surface area contributed by atoms with Crippen molar-refractivity contribution in [1.29, 1.82) is 0 Å². The van der Waals surface area contributed by atoms with Crippen molar-refractivity contribution in [3.05, 3.63) is 64.2 Å². The maximum atomic E-state index is 12.2. The zero-order valence-corrected chi connectivity index (χ0v) is 14.1. The topological polar surface area (TPSA) is 78.0 Å². The van der Waals surface area contributed by atoms with Crippen molar-refractivity contribution < 1.29 is 9.90 Å². The van der Waals surface area contributed by atoms with E-state index in [0.29, 0.717) is 12.1 Å². The lowest BCUT2D eigenvalue weighted by atomic mass is 10.1. The molecule has 24 heavy (non-hydrogen) atoms. The molecule has 0 aliphatic heterocycles.